The molecule has 2 rings (SSSR count). The lowest BCUT2D eigenvalue weighted by Gasteiger charge is -2.02. The van der Waals surface area contributed by atoms with Crippen molar-refractivity contribution in [2.45, 2.75) is 18.8 Å². The zero-order chi connectivity index (χ0) is 9.10. The molecule has 0 radical (unpaired) electrons. The molecule has 0 unspecified atom stereocenters. The van der Waals surface area contributed by atoms with Crippen LogP contribution in [0.5, 0.6) is 0 Å². The standard InChI is InChI=1S/C12H15N/c13-9-3-5-10-4-1-2-6-12(10)11-7-8-11/h1-6,11H,7-9,13H2. The lowest BCUT2D eigenvalue weighted by Crippen LogP contribution is -1.92. The van der Waals surface area contributed by atoms with Crippen LogP contribution in [0.15, 0.2) is 30.3 Å². The van der Waals surface area contributed by atoms with Crippen LogP contribution < -0.4 is 5.73 Å². The summed E-state index contributed by atoms with van der Waals surface area (Å²) in [5.41, 5.74) is 8.27. The van der Waals surface area contributed by atoms with Crippen molar-refractivity contribution >= 4 is 6.08 Å². The highest BCUT2D eigenvalue weighted by Crippen LogP contribution is 2.41. The molecule has 1 nitrogen and oxygen atoms in total. The lowest BCUT2D eigenvalue weighted by molar-refractivity contribution is 1.12. The first kappa shape index (κ1) is 8.52. The monoisotopic (exact) mass is 173 g/mol. The first-order chi connectivity index (χ1) is 6.42. The molecular formula is C12H15N. The highest BCUT2D eigenvalue weighted by molar-refractivity contribution is 5.55. The SMILES string of the molecule is NCC=Cc1ccccc1C1CC1. The molecule has 1 aliphatic rings. The molecule has 1 aliphatic carbocycles. The molecule has 0 saturated heterocycles. The minimum absolute atomic E-state index is 0.624. The van der Waals surface area contributed by atoms with Gasteiger partial charge >= 0.3 is 0 Å². The fraction of sp³-hybridized carbons (Fsp3) is 0.333. The van der Waals surface area contributed by atoms with E-state index in [1.54, 1.807) is 0 Å². The normalized spacial score (nSPS) is 16.7. The van der Waals surface area contributed by atoms with Gasteiger partial charge in [0.1, 0.15) is 0 Å². The molecule has 0 atom stereocenters. The molecule has 13 heavy (non-hydrogen) atoms. The molecule has 0 bridgehead atoms. The van der Waals surface area contributed by atoms with Crippen LogP contribution in [0.1, 0.15) is 29.9 Å². The summed E-state index contributed by atoms with van der Waals surface area (Å²) < 4.78 is 0. The average molecular weight is 173 g/mol. The number of rotatable bonds is 3. The van der Waals surface area contributed by atoms with Gasteiger partial charge in [0, 0.05) is 6.54 Å². The summed E-state index contributed by atoms with van der Waals surface area (Å²) in [4.78, 5) is 0. The van der Waals surface area contributed by atoms with Gasteiger partial charge in [0.25, 0.3) is 0 Å². The second-order valence-electron chi connectivity index (χ2n) is 3.54. The number of nitrogens with two attached hydrogens (primary N) is 1. The fourth-order valence-electron chi connectivity index (χ4n) is 1.62. The van der Waals surface area contributed by atoms with Crippen LogP contribution in [0.3, 0.4) is 0 Å². The van der Waals surface area contributed by atoms with Gasteiger partial charge in [-0.05, 0) is 29.9 Å². The molecule has 0 heterocycles. The number of hydrogen-bond donors (Lipinski definition) is 1. The van der Waals surface area contributed by atoms with Gasteiger partial charge in [0.05, 0.1) is 0 Å². The van der Waals surface area contributed by atoms with Gasteiger partial charge in [-0.1, -0.05) is 36.4 Å². The summed E-state index contributed by atoms with van der Waals surface area (Å²) in [6.07, 6.45) is 6.86. The summed E-state index contributed by atoms with van der Waals surface area (Å²) >= 11 is 0. The van der Waals surface area contributed by atoms with Crippen molar-refractivity contribution in [1.82, 2.24) is 0 Å². The molecule has 0 spiro atoms. The summed E-state index contributed by atoms with van der Waals surface area (Å²) in [6.45, 7) is 0.624. The molecule has 0 aliphatic heterocycles. The van der Waals surface area contributed by atoms with Crippen molar-refractivity contribution in [3.05, 3.63) is 41.5 Å². The van der Waals surface area contributed by atoms with Crippen molar-refractivity contribution < 1.29 is 0 Å². The highest BCUT2D eigenvalue weighted by atomic mass is 14.5. The molecule has 0 aromatic heterocycles. The van der Waals surface area contributed by atoms with Crippen molar-refractivity contribution in [2.75, 3.05) is 6.54 Å². The van der Waals surface area contributed by atoms with E-state index in [1.807, 2.05) is 6.08 Å². The van der Waals surface area contributed by atoms with Crippen molar-refractivity contribution in [2.24, 2.45) is 5.73 Å². The Kier molecular flexibility index (Phi) is 2.46. The first-order valence-electron chi connectivity index (χ1n) is 4.87. The Labute approximate surface area is 79.3 Å². The number of benzene rings is 1. The molecule has 1 saturated carbocycles. The van der Waals surface area contributed by atoms with Crippen LogP contribution in [0.2, 0.25) is 0 Å². The second-order valence-corrected chi connectivity index (χ2v) is 3.54. The zero-order valence-corrected chi connectivity index (χ0v) is 7.74. The number of hydrogen-bond acceptors (Lipinski definition) is 1. The Morgan fingerprint density at radius 3 is 2.77 bits per heavy atom. The minimum atomic E-state index is 0.624. The molecule has 1 aromatic carbocycles. The fourth-order valence-corrected chi connectivity index (χ4v) is 1.62. The summed E-state index contributed by atoms with van der Waals surface area (Å²) in [5, 5.41) is 0. The predicted octanol–water partition coefficient (Wildman–Crippen LogP) is 2.54. The molecule has 2 N–H and O–H groups in total. The van der Waals surface area contributed by atoms with Crippen molar-refractivity contribution in [3.8, 4) is 0 Å². The Morgan fingerprint density at radius 1 is 1.31 bits per heavy atom. The van der Waals surface area contributed by atoms with Gasteiger partial charge in [-0.2, -0.15) is 0 Å². The highest BCUT2D eigenvalue weighted by Gasteiger charge is 2.24. The van der Waals surface area contributed by atoms with E-state index < -0.39 is 0 Å². The Balaban J connectivity index is 2.26. The van der Waals surface area contributed by atoms with Crippen LogP contribution in [0.4, 0.5) is 0 Å². The molecule has 1 aromatic rings. The second kappa shape index (κ2) is 3.75. The minimum Gasteiger partial charge on any atom is -0.327 e. The topological polar surface area (TPSA) is 26.0 Å². The smallest absolute Gasteiger partial charge is 0.0110 e. The van der Waals surface area contributed by atoms with Gasteiger partial charge in [-0.15, -0.1) is 0 Å². The first-order valence-corrected chi connectivity index (χ1v) is 4.87. The van der Waals surface area contributed by atoms with E-state index in [0.717, 1.165) is 5.92 Å². The van der Waals surface area contributed by atoms with E-state index in [0.29, 0.717) is 6.54 Å². The van der Waals surface area contributed by atoms with Crippen LogP contribution in [-0.2, 0) is 0 Å². The third-order valence-electron chi connectivity index (χ3n) is 2.45. The maximum atomic E-state index is 5.43. The van der Waals surface area contributed by atoms with E-state index in [4.69, 9.17) is 5.73 Å². The Morgan fingerprint density at radius 2 is 2.08 bits per heavy atom. The third kappa shape index (κ3) is 1.99. The van der Waals surface area contributed by atoms with Crippen molar-refractivity contribution in [3.63, 3.8) is 0 Å². The van der Waals surface area contributed by atoms with E-state index in [-0.39, 0.29) is 0 Å². The van der Waals surface area contributed by atoms with Crippen LogP contribution in [-0.4, -0.2) is 6.54 Å². The lowest BCUT2D eigenvalue weighted by atomic mass is 10.0. The van der Waals surface area contributed by atoms with Crippen LogP contribution in [0, 0.1) is 0 Å². The van der Waals surface area contributed by atoms with E-state index in [9.17, 15) is 0 Å². The predicted molar refractivity (Wildman–Crippen MR) is 56.5 cm³/mol. The molecule has 1 heteroatoms. The van der Waals surface area contributed by atoms with Gasteiger partial charge in [-0.3, -0.25) is 0 Å². The molecule has 0 amide bonds. The third-order valence-corrected chi connectivity index (χ3v) is 2.45. The summed E-state index contributed by atoms with van der Waals surface area (Å²) in [7, 11) is 0. The molecular weight excluding hydrogens is 158 g/mol. The largest absolute Gasteiger partial charge is 0.327 e. The van der Waals surface area contributed by atoms with Gasteiger partial charge in [0.2, 0.25) is 0 Å². The molecule has 68 valence electrons. The van der Waals surface area contributed by atoms with E-state index in [1.165, 1.54) is 24.0 Å². The Bertz CT molecular complexity index is 311. The van der Waals surface area contributed by atoms with E-state index in [2.05, 4.69) is 30.3 Å². The van der Waals surface area contributed by atoms with Crippen LogP contribution in [0.25, 0.3) is 6.08 Å². The van der Waals surface area contributed by atoms with Gasteiger partial charge in [-0.25, -0.2) is 0 Å². The summed E-state index contributed by atoms with van der Waals surface area (Å²) in [6, 6.07) is 8.60. The quantitative estimate of drug-likeness (QED) is 0.746. The maximum Gasteiger partial charge on any atom is 0.0110 e. The van der Waals surface area contributed by atoms with Crippen LogP contribution >= 0.6 is 0 Å². The zero-order valence-electron chi connectivity index (χ0n) is 7.74. The molecule has 1 fully saturated rings. The summed E-state index contributed by atoms with van der Waals surface area (Å²) in [5.74, 6) is 0.818. The maximum absolute atomic E-state index is 5.43. The van der Waals surface area contributed by atoms with Gasteiger partial charge in [0.15, 0.2) is 0 Å². The van der Waals surface area contributed by atoms with E-state index >= 15 is 0 Å². The Hall–Kier alpha value is -1.08. The average Bonchev–Trinajstić information content (AvgIpc) is 2.98. The van der Waals surface area contributed by atoms with Gasteiger partial charge < -0.3 is 5.73 Å². The van der Waals surface area contributed by atoms with Crippen molar-refractivity contribution in [1.29, 1.82) is 0 Å².